The van der Waals surface area contributed by atoms with E-state index in [0.717, 1.165) is 30.7 Å². The molecule has 21 heavy (non-hydrogen) atoms. The molecule has 2 heterocycles. The minimum atomic E-state index is 0.0145. The van der Waals surface area contributed by atoms with Crippen molar-refractivity contribution in [3.8, 4) is 5.69 Å². The van der Waals surface area contributed by atoms with E-state index in [-0.39, 0.29) is 12.0 Å². The van der Waals surface area contributed by atoms with Gasteiger partial charge in [-0.15, -0.1) is 5.10 Å². The van der Waals surface area contributed by atoms with Crippen molar-refractivity contribution in [1.29, 1.82) is 0 Å². The van der Waals surface area contributed by atoms with E-state index in [4.69, 9.17) is 4.74 Å². The van der Waals surface area contributed by atoms with Crippen molar-refractivity contribution in [2.24, 2.45) is 0 Å². The van der Waals surface area contributed by atoms with Crippen LogP contribution in [0.2, 0.25) is 0 Å². The third-order valence-corrected chi connectivity index (χ3v) is 3.47. The molecule has 7 nitrogen and oxygen atoms in total. The molecule has 7 heteroatoms. The number of tetrazole rings is 1. The Balaban J connectivity index is 1.51. The van der Waals surface area contributed by atoms with Crippen LogP contribution in [0.15, 0.2) is 30.6 Å². The number of nitrogens with one attached hydrogen (secondary N) is 1. The van der Waals surface area contributed by atoms with Gasteiger partial charge >= 0.3 is 0 Å². The number of ether oxygens (including phenoxy) is 1. The predicted octanol–water partition coefficient (Wildman–Crippen LogP) is 0.500. The number of carbonyl (C=O) groups excluding carboxylic acids is 1. The maximum atomic E-state index is 11.9. The second kappa shape index (κ2) is 6.45. The summed E-state index contributed by atoms with van der Waals surface area (Å²) in [6.45, 7) is 1.40. The van der Waals surface area contributed by atoms with Gasteiger partial charge in [-0.1, -0.05) is 12.1 Å². The summed E-state index contributed by atoms with van der Waals surface area (Å²) in [5, 5.41) is 13.9. The Hall–Kier alpha value is -2.28. The molecular weight excluding hydrogens is 270 g/mol. The van der Waals surface area contributed by atoms with E-state index in [2.05, 4.69) is 20.8 Å². The first-order valence-electron chi connectivity index (χ1n) is 7.02. The van der Waals surface area contributed by atoms with Gasteiger partial charge in [-0.25, -0.2) is 4.68 Å². The molecule has 1 amide bonds. The predicted molar refractivity (Wildman–Crippen MR) is 74.8 cm³/mol. The van der Waals surface area contributed by atoms with Crippen molar-refractivity contribution in [1.82, 2.24) is 25.5 Å². The smallest absolute Gasteiger partial charge is 0.224 e. The zero-order valence-corrected chi connectivity index (χ0v) is 11.6. The van der Waals surface area contributed by atoms with Crippen molar-refractivity contribution in [3.05, 3.63) is 36.2 Å². The summed E-state index contributed by atoms with van der Waals surface area (Å²) < 4.78 is 7.05. The summed E-state index contributed by atoms with van der Waals surface area (Å²) in [4.78, 5) is 11.9. The van der Waals surface area contributed by atoms with Gasteiger partial charge in [-0.3, -0.25) is 4.79 Å². The molecule has 1 aromatic heterocycles. The van der Waals surface area contributed by atoms with Crippen LogP contribution in [0, 0.1) is 0 Å². The monoisotopic (exact) mass is 287 g/mol. The van der Waals surface area contributed by atoms with Crippen molar-refractivity contribution in [2.45, 2.75) is 25.4 Å². The van der Waals surface area contributed by atoms with Crippen LogP contribution in [0.4, 0.5) is 0 Å². The summed E-state index contributed by atoms with van der Waals surface area (Å²) in [7, 11) is 0. The highest BCUT2D eigenvalue weighted by Crippen LogP contribution is 2.11. The Morgan fingerprint density at radius 1 is 1.38 bits per heavy atom. The number of carbonyl (C=O) groups is 1. The molecule has 1 saturated heterocycles. The van der Waals surface area contributed by atoms with Gasteiger partial charge in [-0.2, -0.15) is 0 Å². The molecule has 1 aromatic carbocycles. The number of rotatable bonds is 5. The molecule has 1 atom stereocenters. The highest BCUT2D eigenvalue weighted by Gasteiger charge is 2.16. The lowest BCUT2D eigenvalue weighted by Gasteiger charge is -2.10. The first kappa shape index (κ1) is 13.7. The highest BCUT2D eigenvalue weighted by atomic mass is 16.5. The van der Waals surface area contributed by atoms with E-state index >= 15 is 0 Å². The summed E-state index contributed by atoms with van der Waals surface area (Å²) in [5.74, 6) is 0.0145. The molecule has 0 aliphatic carbocycles. The van der Waals surface area contributed by atoms with E-state index in [9.17, 15) is 4.79 Å². The van der Waals surface area contributed by atoms with E-state index in [1.165, 1.54) is 6.33 Å². The molecule has 1 N–H and O–H groups in total. The Morgan fingerprint density at radius 3 is 2.90 bits per heavy atom. The Morgan fingerprint density at radius 2 is 2.24 bits per heavy atom. The molecule has 2 aromatic rings. The second-order valence-electron chi connectivity index (χ2n) is 5.04. The maximum absolute atomic E-state index is 11.9. The Labute approximate surface area is 122 Å². The van der Waals surface area contributed by atoms with Gasteiger partial charge < -0.3 is 10.1 Å². The minimum Gasteiger partial charge on any atom is -0.376 e. The number of hydrogen-bond donors (Lipinski definition) is 1. The fourth-order valence-electron chi connectivity index (χ4n) is 2.33. The third kappa shape index (κ3) is 3.63. The van der Waals surface area contributed by atoms with E-state index in [1.54, 1.807) is 4.68 Å². The highest BCUT2D eigenvalue weighted by molar-refractivity contribution is 5.78. The Bertz CT molecular complexity index is 576. The van der Waals surface area contributed by atoms with E-state index in [1.807, 2.05) is 24.3 Å². The normalized spacial score (nSPS) is 17.8. The van der Waals surface area contributed by atoms with Crippen LogP contribution >= 0.6 is 0 Å². The Kier molecular flexibility index (Phi) is 4.20. The summed E-state index contributed by atoms with van der Waals surface area (Å²) in [6.07, 6.45) is 4.18. The van der Waals surface area contributed by atoms with Crippen molar-refractivity contribution in [3.63, 3.8) is 0 Å². The van der Waals surface area contributed by atoms with Gasteiger partial charge in [0.2, 0.25) is 5.91 Å². The molecule has 1 fully saturated rings. The first-order valence-corrected chi connectivity index (χ1v) is 7.02. The molecule has 1 unspecified atom stereocenters. The average molecular weight is 287 g/mol. The first-order chi connectivity index (χ1) is 10.3. The quantitative estimate of drug-likeness (QED) is 0.866. The van der Waals surface area contributed by atoms with Gasteiger partial charge in [-0.05, 0) is 41.0 Å². The molecule has 0 spiro atoms. The van der Waals surface area contributed by atoms with Gasteiger partial charge in [0, 0.05) is 13.2 Å². The molecular formula is C14H17N5O2. The van der Waals surface area contributed by atoms with Gasteiger partial charge in [0.25, 0.3) is 0 Å². The zero-order valence-electron chi connectivity index (χ0n) is 11.6. The standard InChI is InChI=1S/C14H17N5O2/c20-14(15-9-13-2-1-7-21-13)8-11-3-5-12(6-4-11)19-10-16-17-18-19/h3-6,10,13H,1-2,7-9H2,(H,15,20). The summed E-state index contributed by atoms with van der Waals surface area (Å²) in [6, 6.07) is 7.59. The molecule has 0 bridgehead atoms. The average Bonchev–Trinajstić information content (AvgIpc) is 3.19. The largest absolute Gasteiger partial charge is 0.376 e. The molecule has 0 radical (unpaired) electrons. The third-order valence-electron chi connectivity index (χ3n) is 3.47. The number of benzene rings is 1. The van der Waals surface area contributed by atoms with Crippen molar-refractivity contribution in [2.75, 3.05) is 13.2 Å². The fraction of sp³-hybridized carbons (Fsp3) is 0.429. The molecule has 1 aliphatic heterocycles. The van der Waals surface area contributed by atoms with Gasteiger partial charge in [0.15, 0.2) is 0 Å². The van der Waals surface area contributed by atoms with Crippen LogP contribution in [0.3, 0.4) is 0 Å². The molecule has 3 rings (SSSR count). The lowest BCUT2D eigenvalue weighted by Crippen LogP contribution is -2.32. The summed E-state index contributed by atoms with van der Waals surface area (Å²) in [5.41, 5.74) is 1.82. The topological polar surface area (TPSA) is 81.9 Å². The minimum absolute atomic E-state index is 0.0145. The maximum Gasteiger partial charge on any atom is 0.224 e. The lowest BCUT2D eigenvalue weighted by atomic mass is 10.1. The molecule has 1 aliphatic rings. The van der Waals surface area contributed by atoms with E-state index < -0.39 is 0 Å². The number of nitrogens with zero attached hydrogens (tertiary/aromatic N) is 4. The SMILES string of the molecule is O=C(Cc1ccc(-n2cnnn2)cc1)NCC1CCCO1. The molecule has 110 valence electrons. The van der Waals surface area contributed by atoms with Crippen LogP contribution in [-0.4, -0.2) is 45.4 Å². The molecule has 0 saturated carbocycles. The lowest BCUT2D eigenvalue weighted by molar-refractivity contribution is -0.120. The van der Waals surface area contributed by atoms with Crippen LogP contribution < -0.4 is 5.32 Å². The number of hydrogen-bond acceptors (Lipinski definition) is 5. The van der Waals surface area contributed by atoms with Gasteiger partial charge in [0.05, 0.1) is 18.2 Å². The number of amides is 1. The van der Waals surface area contributed by atoms with Crippen molar-refractivity contribution < 1.29 is 9.53 Å². The van der Waals surface area contributed by atoms with Gasteiger partial charge in [0.1, 0.15) is 6.33 Å². The fourth-order valence-corrected chi connectivity index (χ4v) is 2.33. The zero-order chi connectivity index (χ0) is 14.5. The number of aromatic nitrogens is 4. The van der Waals surface area contributed by atoms with Crippen LogP contribution in [0.1, 0.15) is 18.4 Å². The second-order valence-corrected chi connectivity index (χ2v) is 5.04. The van der Waals surface area contributed by atoms with Crippen LogP contribution in [-0.2, 0) is 16.0 Å². The van der Waals surface area contributed by atoms with Crippen molar-refractivity contribution >= 4 is 5.91 Å². The summed E-state index contributed by atoms with van der Waals surface area (Å²) >= 11 is 0. The van der Waals surface area contributed by atoms with E-state index in [0.29, 0.717) is 13.0 Å². The van der Waals surface area contributed by atoms with Crippen LogP contribution in [0.5, 0.6) is 0 Å². The van der Waals surface area contributed by atoms with Crippen LogP contribution in [0.25, 0.3) is 5.69 Å².